The predicted molar refractivity (Wildman–Crippen MR) is 120 cm³/mol. The standard InChI is InChI=1S/C23H17F4N5O3S/c24-21-2-1-3-22(29-21)30-36(33,34)15-5-7-18-16(8-11-35-20(18)13-15)17-6-4-14(23(25,26)27)12-19(17)32-10-9-28-31-32/h1-7,9-10,12-13,16H,8,11H2,(H,29,30). The highest BCUT2D eigenvalue weighted by Gasteiger charge is 2.33. The Labute approximate surface area is 202 Å². The summed E-state index contributed by atoms with van der Waals surface area (Å²) in [5, 5.41) is 7.57. The van der Waals surface area contributed by atoms with E-state index in [9.17, 15) is 26.0 Å². The lowest BCUT2D eigenvalue weighted by Crippen LogP contribution is -2.19. The predicted octanol–water partition coefficient (Wildman–Crippen LogP) is 4.54. The van der Waals surface area contributed by atoms with Gasteiger partial charge in [0.15, 0.2) is 0 Å². The minimum Gasteiger partial charge on any atom is -0.493 e. The molecule has 2 aromatic carbocycles. The molecule has 1 aliphatic heterocycles. The smallest absolute Gasteiger partial charge is 0.416 e. The Morgan fingerprint density at radius 2 is 1.86 bits per heavy atom. The molecule has 5 rings (SSSR count). The normalized spacial score (nSPS) is 15.7. The number of halogens is 4. The molecule has 36 heavy (non-hydrogen) atoms. The number of hydrogen-bond acceptors (Lipinski definition) is 6. The van der Waals surface area contributed by atoms with Gasteiger partial charge in [-0.3, -0.25) is 4.72 Å². The molecule has 2 aromatic heterocycles. The largest absolute Gasteiger partial charge is 0.493 e. The van der Waals surface area contributed by atoms with E-state index in [1.807, 2.05) is 0 Å². The minimum atomic E-state index is -4.55. The van der Waals surface area contributed by atoms with Gasteiger partial charge >= 0.3 is 6.18 Å². The van der Waals surface area contributed by atoms with E-state index >= 15 is 0 Å². The van der Waals surface area contributed by atoms with E-state index in [1.54, 1.807) is 6.07 Å². The van der Waals surface area contributed by atoms with Crippen LogP contribution in [0.4, 0.5) is 23.4 Å². The van der Waals surface area contributed by atoms with E-state index in [-0.39, 0.29) is 28.8 Å². The van der Waals surface area contributed by atoms with Gasteiger partial charge < -0.3 is 4.74 Å². The van der Waals surface area contributed by atoms with E-state index in [0.717, 1.165) is 18.2 Å². The third-order valence-corrected chi connectivity index (χ3v) is 7.04. The molecule has 0 saturated carbocycles. The van der Waals surface area contributed by atoms with Crippen molar-refractivity contribution in [1.29, 1.82) is 0 Å². The summed E-state index contributed by atoms with van der Waals surface area (Å²) in [5.74, 6) is -1.16. The molecule has 0 radical (unpaired) electrons. The highest BCUT2D eigenvalue weighted by atomic mass is 32.2. The molecule has 13 heteroatoms. The Bertz CT molecular complexity index is 1530. The maximum atomic E-state index is 13.4. The van der Waals surface area contributed by atoms with Crippen LogP contribution in [0.2, 0.25) is 0 Å². The van der Waals surface area contributed by atoms with Crippen LogP contribution in [0.15, 0.2) is 71.9 Å². The van der Waals surface area contributed by atoms with Crippen LogP contribution in [0.3, 0.4) is 0 Å². The Morgan fingerprint density at radius 1 is 1.06 bits per heavy atom. The van der Waals surface area contributed by atoms with E-state index in [4.69, 9.17) is 4.74 Å². The fraction of sp³-hybridized carbons (Fsp3) is 0.174. The SMILES string of the molecule is O=S(=O)(Nc1cccc(F)n1)c1ccc2c(c1)OCCC2c1ccc(C(F)(F)F)cc1-n1ccnn1. The van der Waals surface area contributed by atoms with Gasteiger partial charge in [-0.15, -0.1) is 5.10 Å². The van der Waals surface area contributed by atoms with E-state index in [1.165, 1.54) is 47.4 Å². The molecule has 0 amide bonds. The molecule has 1 N–H and O–H groups in total. The first-order valence-electron chi connectivity index (χ1n) is 10.6. The lowest BCUT2D eigenvalue weighted by Gasteiger charge is -2.28. The zero-order chi connectivity index (χ0) is 25.5. The number of ether oxygens (including phenoxy) is 1. The number of nitrogens with one attached hydrogen (secondary N) is 1. The van der Waals surface area contributed by atoms with Crippen molar-refractivity contribution in [3.05, 3.63) is 89.6 Å². The number of alkyl halides is 3. The van der Waals surface area contributed by atoms with Crippen LogP contribution >= 0.6 is 0 Å². The molecule has 4 aromatic rings. The topological polar surface area (TPSA) is 99.0 Å². The molecular formula is C23H17F4N5O3S. The van der Waals surface area contributed by atoms with Crippen molar-refractivity contribution in [2.24, 2.45) is 0 Å². The minimum absolute atomic E-state index is 0.142. The van der Waals surface area contributed by atoms with Crippen molar-refractivity contribution >= 4 is 15.8 Å². The lowest BCUT2D eigenvalue weighted by molar-refractivity contribution is -0.137. The summed E-state index contributed by atoms with van der Waals surface area (Å²) in [7, 11) is -4.12. The highest BCUT2D eigenvalue weighted by Crippen LogP contribution is 2.42. The molecule has 1 unspecified atom stereocenters. The molecule has 0 spiro atoms. The second kappa shape index (κ2) is 8.90. The van der Waals surface area contributed by atoms with Crippen molar-refractivity contribution in [1.82, 2.24) is 20.0 Å². The zero-order valence-corrected chi connectivity index (χ0v) is 19.1. The Hall–Kier alpha value is -4.00. The third kappa shape index (κ3) is 4.61. The number of nitrogens with zero attached hydrogens (tertiary/aromatic N) is 4. The van der Waals surface area contributed by atoms with Crippen LogP contribution in [0.5, 0.6) is 5.75 Å². The Balaban J connectivity index is 1.53. The number of fused-ring (bicyclic) bond motifs is 1. The molecule has 0 aliphatic carbocycles. The zero-order valence-electron chi connectivity index (χ0n) is 18.3. The molecule has 3 heterocycles. The van der Waals surface area contributed by atoms with Crippen LogP contribution in [-0.4, -0.2) is 35.0 Å². The number of aromatic nitrogens is 4. The van der Waals surface area contributed by atoms with Gasteiger partial charge in [0.1, 0.15) is 11.6 Å². The van der Waals surface area contributed by atoms with Gasteiger partial charge in [-0.2, -0.15) is 17.6 Å². The Kier molecular flexibility index (Phi) is 5.86. The van der Waals surface area contributed by atoms with E-state index in [0.29, 0.717) is 17.5 Å². The first-order valence-corrected chi connectivity index (χ1v) is 12.1. The second-order valence-corrected chi connectivity index (χ2v) is 9.64. The molecule has 1 aliphatic rings. The lowest BCUT2D eigenvalue weighted by atomic mass is 9.85. The molecule has 186 valence electrons. The Morgan fingerprint density at radius 3 is 2.58 bits per heavy atom. The molecular weight excluding hydrogens is 502 g/mol. The molecule has 0 saturated heterocycles. The van der Waals surface area contributed by atoms with Gasteiger partial charge in [0.25, 0.3) is 10.0 Å². The average molecular weight is 519 g/mol. The van der Waals surface area contributed by atoms with Crippen molar-refractivity contribution in [3.8, 4) is 11.4 Å². The monoisotopic (exact) mass is 519 g/mol. The summed E-state index contributed by atoms with van der Waals surface area (Å²) in [5.41, 5.74) is 0.527. The number of pyridine rings is 1. The maximum absolute atomic E-state index is 13.4. The van der Waals surface area contributed by atoms with Crippen molar-refractivity contribution < 1.29 is 30.7 Å². The first kappa shape index (κ1) is 23.7. The fourth-order valence-electron chi connectivity index (χ4n) is 4.07. The molecule has 0 fully saturated rings. The van der Waals surface area contributed by atoms with E-state index < -0.39 is 33.6 Å². The summed E-state index contributed by atoms with van der Waals surface area (Å²) in [6, 6.07) is 11.3. The van der Waals surface area contributed by atoms with Gasteiger partial charge in [0.2, 0.25) is 5.95 Å². The van der Waals surface area contributed by atoms with Gasteiger partial charge in [0, 0.05) is 17.5 Å². The van der Waals surface area contributed by atoms with Crippen LogP contribution in [0.1, 0.15) is 29.0 Å². The fourth-order valence-corrected chi connectivity index (χ4v) is 5.09. The van der Waals surface area contributed by atoms with Gasteiger partial charge in [-0.1, -0.05) is 23.4 Å². The van der Waals surface area contributed by atoms with Gasteiger partial charge in [0.05, 0.1) is 35.1 Å². The number of sulfonamides is 1. The van der Waals surface area contributed by atoms with Crippen LogP contribution in [0.25, 0.3) is 5.69 Å². The van der Waals surface area contributed by atoms with Gasteiger partial charge in [-0.25, -0.2) is 18.1 Å². The van der Waals surface area contributed by atoms with E-state index in [2.05, 4.69) is 20.0 Å². The summed E-state index contributed by atoms with van der Waals surface area (Å²) >= 11 is 0. The highest BCUT2D eigenvalue weighted by molar-refractivity contribution is 7.92. The second-order valence-electron chi connectivity index (χ2n) is 7.96. The quantitative estimate of drug-likeness (QED) is 0.307. The van der Waals surface area contributed by atoms with Crippen molar-refractivity contribution in [2.45, 2.75) is 23.4 Å². The van der Waals surface area contributed by atoms with Gasteiger partial charge in [-0.05, 0) is 42.3 Å². The number of anilines is 1. The summed E-state index contributed by atoms with van der Waals surface area (Å²) in [6.45, 7) is 0.206. The number of rotatable bonds is 5. The molecule has 0 bridgehead atoms. The summed E-state index contributed by atoms with van der Waals surface area (Å²) in [4.78, 5) is 3.36. The molecule has 1 atom stereocenters. The third-order valence-electron chi connectivity index (χ3n) is 5.69. The maximum Gasteiger partial charge on any atom is 0.416 e. The first-order chi connectivity index (χ1) is 17.1. The summed E-state index contributed by atoms with van der Waals surface area (Å²) in [6.07, 6.45) is -1.30. The average Bonchev–Trinajstić information content (AvgIpc) is 3.37. The van der Waals surface area contributed by atoms with Crippen molar-refractivity contribution in [2.75, 3.05) is 11.3 Å². The van der Waals surface area contributed by atoms with Crippen molar-refractivity contribution in [3.63, 3.8) is 0 Å². The van der Waals surface area contributed by atoms with Crippen LogP contribution in [-0.2, 0) is 16.2 Å². The van der Waals surface area contributed by atoms with Crippen LogP contribution < -0.4 is 9.46 Å². The number of hydrogen-bond donors (Lipinski definition) is 1. The molecule has 8 nitrogen and oxygen atoms in total. The summed E-state index contributed by atoms with van der Waals surface area (Å²) < 4.78 is 88.4. The van der Waals surface area contributed by atoms with Crippen LogP contribution in [0, 0.1) is 5.95 Å². The number of benzene rings is 2.